The summed E-state index contributed by atoms with van der Waals surface area (Å²) in [4.78, 5) is 13.3. The molecule has 1 aromatic heterocycles. The molecule has 1 aliphatic rings. The third-order valence-corrected chi connectivity index (χ3v) is 2.56. The van der Waals surface area contributed by atoms with E-state index in [0.717, 1.165) is 0 Å². The molecule has 2 rings (SSSR count). The van der Waals surface area contributed by atoms with Crippen molar-refractivity contribution in [1.29, 1.82) is 0 Å². The second-order valence-electron chi connectivity index (χ2n) is 3.77. The molecule has 1 saturated heterocycles. The average Bonchev–Trinajstić information content (AvgIpc) is 2.58. The number of ether oxygens (including phenoxy) is 2. The SMILES string of the molecule is CC1(C)OCN(SCOc2cncc(N)n2)O1. The number of anilines is 1. The van der Waals surface area contributed by atoms with Crippen molar-refractivity contribution in [3.05, 3.63) is 12.4 Å². The van der Waals surface area contributed by atoms with Crippen LogP contribution in [0.4, 0.5) is 5.82 Å². The van der Waals surface area contributed by atoms with Gasteiger partial charge >= 0.3 is 0 Å². The topological polar surface area (TPSA) is 82.7 Å². The predicted octanol–water partition coefficient (Wildman–Crippen LogP) is 1.00. The van der Waals surface area contributed by atoms with Crippen LogP contribution in [-0.2, 0) is 9.57 Å². The van der Waals surface area contributed by atoms with Gasteiger partial charge in [-0.25, -0.2) is 0 Å². The summed E-state index contributed by atoms with van der Waals surface area (Å²) >= 11 is 1.34. The Morgan fingerprint density at radius 2 is 2.41 bits per heavy atom. The molecule has 0 aliphatic carbocycles. The molecule has 1 fully saturated rings. The first-order chi connectivity index (χ1) is 8.05. The quantitative estimate of drug-likeness (QED) is 0.632. The van der Waals surface area contributed by atoms with E-state index < -0.39 is 5.79 Å². The number of nitrogens with two attached hydrogens (primary N) is 1. The zero-order valence-electron chi connectivity index (χ0n) is 9.62. The fourth-order valence-electron chi connectivity index (χ4n) is 1.15. The molecule has 17 heavy (non-hydrogen) atoms. The van der Waals surface area contributed by atoms with Gasteiger partial charge in [0.05, 0.1) is 12.4 Å². The predicted molar refractivity (Wildman–Crippen MR) is 62.5 cm³/mol. The minimum Gasteiger partial charge on any atom is -0.464 e. The fourth-order valence-corrected chi connectivity index (χ4v) is 1.80. The lowest BCUT2D eigenvalue weighted by atomic mass is 10.4. The summed E-state index contributed by atoms with van der Waals surface area (Å²) in [6.45, 7) is 4.08. The lowest BCUT2D eigenvalue weighted by molar-refractivity contribution is -0.177. The summed E-state index contributed by atoms with van der Waals surface area (Å²) in [5, 5.41) is 0. The van der Waals surface area contributed by atoms with E-state index >= 15 is 0 Å². The van der Waals surface area contributed by atoms with Crippen LogP contribution in [0.1, 0.15) is 13.8 Å². The molecule has 0 saturated carbocycles. The minimum absolute atomic E-state index is 0.328. The second-order valence-corrected chi connectivity index (χ2v) is 4.67. The van der Waals surface area contributed by atoms with E-state index in [4.69, 9.17) is 20.0 Å². The Labute approximate surface area is 103 Å². The highest BCUT2D eigenvalue weighted by Gasteiger charge is 2.32. The van der Waals surface area contributed by atoms with E-state index in [9.17, 15) is 0 Å². The van der Waals surface area contributed by atoms with Crippen molar-refractivity contribution >= 4 is 17.8 Å². The first-order valence-corrected chi connectivity index (χ1v) is 5.93. The zero-order valence-corrected chi connectivity index (χ0v) is 10.4. The monoisotopic (exact) mass is 258 g/mol. The summed E-state index contributed by atoms with van der Waals surface area (Å²) in [7, 11) is 0. The van der Waals surface area contributed by atoms with Gasteiger partial charge in [0, 0.05) is 0 Å². The first kappa shape index (κ1) is 12.4. The van der Waals surface area contributed by atoms with Crippen LogP contribution in [0.5, 0.6) is 5.88 Å². The van der Waals surface area contributed by atoms with Gasteiger partial charge < -0.3 is 15.2 Å². The van der Waals surface area contributed by atoms with E-state index in [1.807, 2.05) is 13.8 Å². The molecule has 1 aromatic rings. The maximum Gasteiger partial charge on any atom is 0.235 e. The Kier molecular flexibility index (Phi) is 3.67. The standard InChI is InChI=1S/C9H14N4O3S/c1-9(2)15-5-13(16-9)17-6-14-8-4-11-3-7(10)12-8/h3-4H,5-6H2,1-2H3,(H2,10,12). The highest BCUT2D eigenvalue weighted by molar-refractivity contribution is 7.96. The number of hydrogen-bond donors (Lipinski definition) is 1. The second kappa shape index (κ2) is 5.05. The van der Waals surface area contributed by atoms with Crippen molar-refractivity contribution in [3.8, 4) is 5.88 Å². The Balaban J connectivity index is 1.73. The zero-order chi connectivity index (χ0) is 12.3. The van der Waals surface area contributed by atoms with Gasteiger partial charge in [-0.1, -0.05) is 4.47 Å². The van der Waals surface area contributed by atoms with Crippen molar-refractivity contribution in [2.45, 2.75) is 19.6 Å². The summed E-state index contributed by atoms with van der Waals surface area (Å²) in [5.41, 5.74) is 5.47. The number of aromatic nitrogens is 2. The Morgan fingerprint density at radius 1 is 1.59 bits per heavy atom. The van der Waals surface area contributed by atoms with Crippen molar-refractivity contribution < 1.29 is 14.3 Å². The lowest BCUT2D eigenvalue weighted by Crippen LogP contribution is -2.21. The van der Waals surface area contributed by atoms with Gasteiger partial charge in [0.15, 0.2) is 11.7 Å². The molecule has 1 aliphatic heterocycles. The molecule has 0 atom stereocenters. The largest absolute Gasteiger partial charge is 0.464 e. The van der Waals surface area contributed by atoms with Crippen LogP contribution in [0.2, 0.25) is 0 Å². The van der Waals surface area contributed by atoms with Crippen LogP contribution in [0, 0.1) is 0 Å². The maximum absolute atomic E-state index is 5.47. The molecule has 0 unspecified atom stereocenters. The summed E-state index contributed by atoms with van der Waals surface area (Å²) < 4.78 is 12.3. The molecule has 94 valence electrons. The Hall–Kier alpha value is -1.09. The van der Waals surface area contributed by atoms with E-state index in [-0.39, 0.29) is 0 Å². The minimum atomic E-state index is -0.579. The number of nitrogens with zero attached hydrogens (tertiary/aromatic N) is 3. The molecule has 2 N–H and O–H groups in total. The van der Waals surface area contributed by atoms with Crippen LogP contribution < -0.4 is 10.5 Å². The molecule has 2 heterocycles. The lowest BCUT2D eigenvalue weighted by Gasteiger charge is -2.16. The van der Waals surface area contributed by atoms with Gasteiger partial charge in [-0.15, -0.1) is 0 Å². The highest BCUT2D eigenvalue weighted by Crippen LogP contribution is 2.27. The Bertz CT molecular complexity index is 390. The van der Waals surface area contributed by atoms with Crippen LogP contribution in [-0.4, -0.2) is 32.9 Å². The third-order valence-electron chi connectivity index (χ3n) is 1.87. The fraction of sp³-hybridized carbons (Fsp3) is 0.556. The van der Waals surface area contributed by atoms with Gasteiger partial charge in [0.1, 0.15) is 12.5 Å². The highest BCUT2D eigenvalue weighted by atomic mass is 32.2. The van der Waals surface area contributed by atoms with Gasteiger partial charge in [-0.2, -0.15) is 4.98 Å². The van der Waals surface area contributed by atoms with E-state index in [1.54, 1.807) is 4.47 Å². The number of rotatable bonds is 4. The normalized spacial score (nSPS) is 19.4. The van der Waals surface area contributed by atoms with Crippen molar-refractivity contribution in [3.63, 3.8) is 0 Å². The molecule has 0 amide bonds. The van der Waals surface area contributed by atoms with Gasteiger partial charge in [-0.3, -0.25) is 9.82 Å². The van der Waals surface area contributed by atoms with Gasteiger partial charge in [0.25, 0.3) is 0 Å². The summed E-state index contributed by atoms with van der Waals surface area (Å²) in [5.74, 6) is 0.480. The molecular weight excluding hydrogens is 244 g/mol. The maximum atomic E-state index is 5.47. The molecule has 0 radical (unpaired) electrons. The van der Waals surface area contributed by atoms with Crippen LogP contribution >= 0.6 is 11.9 Å². The first-order valence-electron chi connectivity index (χ1n) is 4.99. The van der Waals surface area contributed by atoms with Crippen molar-refractivity contribution in [1.82, 2.24) is 14.4 Å². The molecule has 8 heteroatoms. The third kappa shape index (κ3) is 3.70. The van der Waals surface area contributed by atoms with E-state index in [2.05, 4.69) is 9.97 Å². The van der Waals surface area contributed by atoms with Crippen molar-refractivity contribution in [2.24, 2.45) is 0 Å². The molecule has 0 spiro atoms. The number of hydrogen-bond acceptors (Lipinski definition) is 8. The van der Waals surface area contributed by atoms with Crippen LogP contribution in [0.3, 0.4) is 0 Å². The molecule has 0 bridgehead atoms. The number of nitrogen functional groups attached to an aromatic ring is 1. The van der Waals surface area contributed by atoms with Crippen LogP contribution in [0.15, 0.2) is 12.4 Å². The Morgan fingerprint density at radius 3 is 3.06 bits per heavy atom. The summed E-state index contributed by atoms with van der Waals surface area (Å²) in [6.07, 6.45) is 2.96. The average molecular weight is 258 g/mol. The van der Waals surface area contributed by atoms with Crippen molar-refractivity contribution in [2.75, 3.05) is 18.4 Å². The number of hydroxylamine groups is 1. The molecule has 0 aromatic carbocycles. The van der Waals surface area contributed by atoms with Crippen LogP contribution in [0.25, 0.3) is 0 Å². The smallest absolute Gasteiger partial charge is 0.235 e. The summed E-state index contributed by atoms with van der Waals surface area (Å²) in [6, 6.07) is 0. The van der Waals surface area contributed by atoms with Gasteiger partial charge in [-0.05, 0) is 25.8 Å². The van der Waals surface area contributed by atoms with Gasteiger partial charge in [0.2, 0.25) is 5.88 Å². The van der Waals surface area contributed by atoms with E-state index in [0.29, 0.717) is 24.4 Å². The molecule has 7 nitrogen and oxygen atoms in total. The van der Waals surface area contributed by atoms with E-state index in [1.165, 1.54) is 24.3 Å². The molecular formula is C9H14N4O3S.